The Balaban J connectivity index is 1.39. The summed E-state index contributed by atoms with van der Waals surface area (Å²) in [6.45, 7) is 4.64. The van der Waals surface area contributed by atoms with E-state index in [0.717, 1.165) is 22.3 Å². The van der Waals surface area contributed by atoms with Gasteiger partial charge in [-0.1, -0.05) is 135 Å². The third-order valence-corrected chi connectivity index (χ3v) is 9.54. The Kier molecular flexibility index (Phi) is 11.5. The molecule has 0 bridgehead atoms. The van der Waals surface area contributed by atoms with E-state index in [4.69, 9.17) is 23.0 Å². The molecule has 4 aromatic rings. The summed E-state index contributed by atoms with van der Waals surface area (Å²) in [6, 6.07) is 38.5. The second kappa shape index (κ2) is 15.7. The van der Waals surface area contributed by atoms with Crippen molar-refractivity contribution < 1.29 is 32.7 Å². The third kappa shape index (κ3) is 8.74. The molecule has 0 heterocycles. The van der Waals surface area contributed by atoms with E-state index in [2.05, 4.69) is 0 Å². The lowest BCUT2D eigenvalue weighted by Gasteiger charge is -2.47. The van der Waals surface area contributed by atoms with Crippen molar-refractivity contribution in [3.05, 3.63) is 144 Å². The maximum absolute atomic E-state index is 14.4. The van der Waals surface area contributed by atoms with Gasteiger partial charge in [0.25, 0.3) is 0 Å². The van der Waals surface area contributed by atoms with E-state index in [0.29, 0.717) is 6.61 Å². The third-order valence-electron chi connectivity index (χ3n) is 8.15. The summed E-state index contributed by atoms with van der Waals surface area (Å²) in [4.78, 5) is 0. The van der Waals surface area contributed by atoms with Crippen LogP contribution in [0.5, 0.6) is 0 Å². The summed E-state index contributed by atoms with van der Waals surface area (Å²) in [5, 5.41) is 11.8. The van der Waals surface area contributed by atoms with Crippen LogP contribution in [0, 0.1) is 11.8 Å². The fourth-order valence-electron chi connectivity index (χ4n) is 5.43. The van der Waals surface area contributed by atoms with E-state index in [9.17, 15) is 9.67 Å². The molecule has 1 aliphatic rings. The maximum Gasteiger partial charge on any atom is 0.475 e. The van der Waals surface area contributed by atoms with Crippen molar-refractivity contribution in [2.24, 2.45) is 11.8 Å². The van der Waals surface area contributed by atoms with E-state index in [1.54, 1.807) is 0 Å². The summed E-state index contributed by atoms with van der Waals surface area (Å²) >= 11 is 0. The molecule has 8 heteroatoms. The van der Waals surface area contributed by atoms with Gasteiger partial charge in [0.15, 0.2) is 0 Å². The topological polar surface area (TPSA) is 83.5 Å². The number of ether oxygens (including phenoxy) is 2. The summed E-state index contributed by atoms with van der Waals surface area (Å²) in [5.74, 6) is -0.388. The fourth-order valence-corrected chi connectivity index (χ4v) is 6.85. The van der Waals surface area contributed by atoms with Gasteiger partial charge < -0.3 is 14.6 Å². The van der Waals surface area contributed by atoms with Crippen LogP contribution in [0.15, 0.2) is 121 Å². The zero-order valence-electron chi connectivity index (χ0n) is 25.2. The highest BCUT2D eigenvalue weighted by Gasteiger charge is 2.51. The number of aliphatic hydroxyl groups excluding tert-OH is 1. The number of phosphoric acid groups is 1. The van der Waals surface area contributed by atoms with Gasteiger partial charge in [-0.2, -0.15) is 0 Å². The molecule has 0 aliphatic heterocycles. The van der Waals surface area contributed by atoms with E-state index in [1.807, 2.05) is 135 Å². The number of phosphoric ester groups is 1. The smallest absolute Gasteiger partial charge is 0.388 e. The molecule has 5 rings (SSSR count). The molecular weight excluding hydrogens is 575 g/mol. The minimum atomic E-state index is -4.16. The Hall–Kier alpha value is -3.13. The second-order valence-corrected chi connectivity index (χ2v) is 12.9. The first-order chi connectivity index (χ1) is 21.4. The molecule has 0 aromatic heterocycles. The Morgan fingerprint density at radius 2 is 0.864 bits per heavy atom. The molecule has 4 aromatic carbocycles. The van der Waals surface area contributed by atoms with Crippen molar-refractivity contribution in [3.8, 4) is 0 Å². The molecule has 44 heavy (non-hydrogen) atoms. The minimum absolute atomic E-state index is 0.0322. The highest BCUT2D eigenvalue weighted by Crippen LogP contribution is 2.55. The number of hydrogen-bond donors (Lipinski definition) is 1. The van der Waals surface area contributed by atoms with E-state index >= 15 is 0 Å². The summed E-state index contributed by atoms with van der Waals surface area (Å²) in [6.07, 6.45) is -3.27. The van der Waals surface area contributed by atoms with E-state index in [-0.39, 0.29) is 31.7 Å². The van der Waals surface area contributed by atoms with Crippen molar-refractivity contribution in [2.45, 2.75) is 64.7 Å². The van der Waals surface area contributed by atoms with Crippen LogP contribution in [-0.2, 0) is 54.0 Å². The summed E-state index contributed by atoms with van der Waals surface area (Å²) in [5.41, 5.74) is 3.61. The van der Waals surface area contributed by atoms with Crippen molar-refractivity contribution in [1.29, 1.82) is 0 Å². The lowest BCUT2D eigenvalue weighted by molar-refractivity contribution is -0.212. The zero-order valence-corrected chi connectivity index (χ0v) is 26.1. The largest absolute Gasteiger partial charge is 0.475 e. The predicted octanol–water partition coefficient (Wildman–Crippen LogP) is 7.73. The van der Waals surface area contributed by atoms with Gasteiger partial charge in [0.1, 0.15) is 18.3 Å². The second-order valence-electron chi connectivity index (χ2n) is 11.3. The summed E-state index contributed by atoms with van der Waals surface area (Å²) in [7, 11) is -4.16. The van der Waals surface area contributed by atoms with Gasteiger partial charge in [-0.15, -0.1) is 0 Å². The van der Waals surface area contributed by atoms with Crippen LogP contribution < -0.4 is 0 Å². The van der Waals surface area contributed by atoms with Crippen molar-refractivity contribution >= 4 is 7.82 Å². The normalized spacial score (nSPS) is 23.8. The van der Waals surface area contributed by atoms with Crippen molar-refractivity contribution in [2.75, 3.05) is 0 Å². The molecule has 1 fully saturated rings. The first-order valence-electron chi connectivity index (χ1n) is 15.1. The van der Waals surface area contributed by atoms with Crippen LogP contribution in [0.3, 0.4) is 0 Å². The van der Waals surface area contributed by atoms with Crippen LogP contribution in [0.25, 0.3) is 0 Å². The highest BCUT2D eigenvalue weighted by molar-refractivity contribution is 7.48. The molecule has 6 atom stereocenters. The molecule has 0 radical (unpaired) electrons. The van der Waals surface area contributed by atoms with Crippen LogP contribution in [-0.4, -0.2) is 29.5 Å². The zero-order chi connectivity index (χ0) is 30.8. The van der Waals surface area contributed by atoms with Crippen molar-refractivity contribution in [1.82, 2.24) is 0 Å². The quantitative estimate of drug-likeness (QED) is 0.145. The Bertz CT molecular complexity index is 1390. The molecule has 0 amide bonds. The number of rotatable bonds is 14. The van der Waals surface area contributed by atoms with E-state index in [1.165, 1.54) is 0 Å². The Morgan fingerprint density at radius 3 is 1.27 bits per heavy atom. The number of aliphatic hydroxyl groups is 1. The number of hydrogen-bond acceptors (Lipinski definition) is 7. The molecule has 1 aliphatic carbocycles. The van der Waals surface area contributed by atoms with Crippen LogP contribution in [0.2, 0.25) is 0 Å². The van der Waals surface area contributed by atoms with Gasteiger partial charge in [-0.25, -0.2) is 4.57 Å². The van der Waals surface area contributed by atoms with Crippen molar-refractivity contribution in [3.63, 3.8) is 0 Å². The SMILES string of the molecule is CC1C(C)C(OP(=O)(OCc2ccccc2)OCc2ccccc2)C(OCc2ccccc2)C(O)C1OCc1ccccc1. The molecule has 0 saturated heterocycles. The van der Waals surface area contributed by atoms with Crippen LogP contribution >= 0.6 is 7.82 Å². The average Bonchev–Trinajstić information content (AvgIpc) is 3.07. The van der Waals surface area contributed by atoms with Gasteiger partial charge in [0, 0.05) is 0 Å². The number of benzene rings is 4. The van der Waals surface area contributed by atoms with Gasteiger partial charge in [-0.3, -0.25) is 13.6 Å². The first kappa shape index (κ1) is 32.3. The fraction of sp³-hybridized carbons (Fsp3) is 0.333. The Labute approximate surface area is 260 Å². The summed E-state index contributed by atoms with van der Waals surface area (Å²) < 4.78 is 45.3. The van der Waals surface area contributed by atoms with Gasteiger partial charge in [-0.05, 0) is 34.1 Å². The first-order valence-corrected chi connectivity index (χ1v) is 16.5. The molecule has 7 nitrogen and oxygen atoms in total. The molecule has 1 saturated carbocycles. The van der Waals surface area contributed by atoms with Gasteiger partial charge in [0.05, 0.1) is 32.5 Å². The molecule has 6 unspecified atom stereocenters. The molecular formula is C36H41O7P. The molecule has 232 valence electrons. The lowest BCUT2D eigenvalue weighted by Crippen LogP contribution is -2.59. The van der Waals surface area contributed by atoms with Crippen LogP contribution in [0.4, 0.5) is 0 Å². The lowest BCUT2D eigenvalue weighted by atomic mass is 9.74. The minimum Gasteiger partial charge on any atom is -0.388 e. The standard InChI is InChI=1S/C36H41O7P/c1-27-28(2)35(43-44(38,41-25-31-19-11-5-12-20-31)42-26-32-21-13-6-14-22-32)36(40-24-30-17-9-4-10-18-30)33(37)34(27)39-23-29-15-7-3-8-16-29/h3-22,27-28,33-37H,23-26H2,1-2H3. The van der Waals surface area contributed by atoms with Gasteiger partial charge in [0.2, 0.25) is 0 Å². The molecule has 0 spiro atoms. The predicted molar refractivity (Wildman–Crippen MR) is 169 cm³/mol. The monoisotopic (exact) mass is 616 g/mol. The average molecular weight is 617 g/mol. The van der Waals surface area contributed by atoms with Crippen LogP contribution in [0.1, 0.15) is 36.1 Å². The highest BCUT2D eigenvalue weighted by atomic mass is 31.2. The maximum atomic E-state index is 14.4. The van der Waals surface area contributed by atoms with Gasteiger partial charge >= 0.3 is 7.82 Å². The molecule has 1 N–H and O–H groups in total. The van der Waals surface area contributed by atoms with E-state index < -0.39 is 32.2 Å². The Morgan fingerprint density at radius 1 is 0.523 bits per heavy atom.